The molecule has 6 N–H and O–H groups in total. The lowest BCUT2D eigenvalue weighted by atomic mass is 10.2. The number of carbonyl (C=O) groups is 1. The number of benzene rings is 1. The average Bonchev–Trinajstić information content (AvgIpc) is 2.97. The van der Waals surface area contributed by atoms with Gasteiger partial charge in [0.25, 0.3) is 5.91 Å². The lowest BCUT2D eigenvalue weighted by Gasteiger charge is -2.29. The summed E-state index contributed by atoms with van der Waals surface area (Å²) < 4.78 is 5.99. The van der Waals surface area contributed by atoms with Gasteiger partial charge in [-0.2, -0.15) is 0 Å². The molecule has 1 aromatic rings. The standard InChI is InChI=1S/C29H55N9O2/c1-30-29(39)27-3-5-28(6-4-27)40-26-2-17-36-18-15-35-16-21-37-19-11-31-7-9-33-13-22-38(25-24-36)23-14-34-10-8-32-12-20-37/h3-6,31-35H,2,7-26H2,1H3,(H,30,39). The van der Waals surface area contributed by atoms with Crippen molar-refractivity contribution in [2.24, 2.45) is 0 Å². The maximum atomic E-state index is 11.8. The van der Waals surface area contributed by atoms with Crippen molar-refractivity contribution >= 4 is 5.91 Å². The second-order valence-electron chi connectivity index (χ2n) is 10.6. The van der Waals surface area contributed by atoms with Crippen LogP contribution in [0.2, 0.25) is 0 Å². The molecule has 40 heavy (non-hydrogen) atoms. The van der Waals surface area contributed by atoms with Crippen molar-refractivity contribution in [3.05, 3.63) is 29.8 Å². The van der Waals surface area contributed by atoms with E-state index in [1.165, 1.54) is 0 Å². The Morgan fingerprint density at radius 2 is 1.15 bits per heavy atom. The molecular formula is C29H55N9O2. The number of hydrogen-bond donors (Lipinski definition) is 6. The van der Waals surface area contributed by atoms with E-state index >= 15 is 0 Å². The lowest BCUT2D eigenvalue weighted by molar-refractivity contribution is 0.0963. The molecule has 0 saturated carbocycles. The van der Waals surface area contributed by atoms with Crippen LogP contribution in [0.4, 0.5) is 0 Å². The molecule has 0 atom stereocenters. The smallest absolute Gasteiger partial charge is 0.251 e. The van der Waals surface area contributed by atoms with Crippen LogP contribution in [-0.4, -0.2) is 159 Å². The van der Waals surface area contributed by atoms with Gasteiger partial charge in [0.1, 0.15) is 5.75 Å². The van der Waals surface area contributed by atoms with Crippen LogP contribution in [0.15, 0.2) is 24.3 Å². The van der Waals surface area contributed by atoms with E-state index in [1.54, 1.807) is 7.05 Å². The maximum Gasteiger partial charge on any atom is 0.251 e. The molecule has 3 heterocycles. The van der Waals surface area contributed by atoms with Crippen LogP contribution in [0.3, 0.4) is 0 Å². The molecule has 3 aliphatic rings. The summed E-state index contributed by atoms with van der Waals surface area (Å²) in [5.74, 6) is 0.730. The van der Waals surface area contributed by atoms with Gasteiger partial charge in [0.15, 0.2) is 0 Å². The first-order valence-corrected chi connectivity index (χ1v) is 15.4. The highest BCUT2D eigenvalue weighted by Crippen LogP contribution is 2.12. The third-order valence-electron chi connectivity index (χ3n) is 7.55. The van der Waals surface area contributed by atoms with E-state index in [0.29, 0.717) is 12.2 Å². The molecule has 3 saturated heterocycles. The van der Waals surface area contributed by atoms with Crippen molar-refractivity contribution in [1.29, 1.82) is 0 Å². The fourth-order valence-corrected chi connectivity index (χ4v) is 5.02. The predicted octanol–water partition coefficient (Wildman–Crippen LogP) is -1.30. The number of nitrogens with zero attached hydrogens (tertiary/aromatic N) is 3. The molecular weight excluding hydrogens is 506 g/mol. The zero-order valence-electron chi connectivity index (χ0n) is 24.8. The molecule has 11 nitrogen and oxygen atoms in total. The zero-order valence-corrected chi connectivity index (χ0v) is 24.8. The van der Waals surface area contributed by atoms with E-state index in [-0.39, 0.29) is 5.91 Å². The van der Waals surface area contributed by atoms with Crippen LogP contribution >= 0.6 is 0 Å². The van der Waals surface area contributed by atoms with E-state index in [2.05, 4.69) is 46.6 Å². The van der Waals surface area contributed by atoms with Crippen LogP contribution < -0.4 is 36.6 Å². The Morgan fingerprint density at radius 1 is 0.675 bits per heavy atom. The second-order valence-corrected chi connectivity index (χ2v) is 10.6. The number of hydrogen-bond acceptors (Lipinski definition) is 10. The number of carbonyl (C=O) groups excluding carboxylic acids is 1. The minimum atomic E-state index is -0.0791. The van der Waals surface area contributed by atoms with Gasteiger partial charge >= 0.3 is 0 Å². The van der Waals surface area contributed by atoms with Crippen LogP contribution in [0.25, 0.3) is 0 Å². The molecule has 11 heteroatoms. The van der Waals surface area contributed by atoms with E-state index in [9.17, 15) is 4.79 Å². The number of amides is 1. The zero-order chi connectivity index (χ0) is 28.1. The summed E-state index contributed by atoms with van der Waals surface area (Å²) in [7, 11) is 1.64. The van der Waals surface area contributed by atoms with Crippen molar-refractivity contribution in [3.8, 4) is 5.75 Å². The maximum absolute atomic E-state index is 11.8. The van der Waals surface area contributed by atoms with Crippen molar-refractivity contribution in [3.63, 3.8) is 0 Å². The quantitative estimate of drug-likeness (QED) is 0.235. The summed E-state index contributed by atoms with van der Waals surface area (Å²) in [5.41, 5.74) is 0.647. The molecule has 1 aromatic carbocycles. The van der Waals surface area contributed by atoms with Crippen molar-refractivity contribution in [2.45, 2.75) is 6.42 Å². The summed E-state index contributed by atoms with van der Waals surface area (Å²) >= 11 is 0. The summed E-state index contributed by atoms with van der Waals surface area (Å²) in [6.07, 6.45) is 0.966. The highest BCUT2D eigenvalue weighted by molar-refractivity contribution is 5.94. The van der Waals surface area contributed by atoms with Crippen LogP contribution in [0, 0.1) is 0 Å². The number of rotatable bonds is 6. The fraction of sp³-hybridized carbons (Fsp3) is 0.759. The Bertz CT molecular complexity index is 763. The van der Waals surface area contributed by atoms with E-state index in [1.807, 2.05) is 24.3 Å². The predicted molar refractivity (Wildman–Crippen MR) is 164 cm³/mol. The Morgan fingerprint density at radius 3 is 1.68 bits per heavy atom. The molecule has 0 spiro atoms. The highest BCUT2D eigenvalue weighted by atomic mass is 16.5. The first-order chi connectivity index (χ1) is 19.7. The molecule has 3 aliphatic heterocycles. The molecule has 0 radical (unpaired) electrons. The van der Waals surface area contributed by atoms with Gasteiger partial charge in [-0.25, -0.2) is 0 Å². The van der Waals surface area contributed by atoms with Crippen LogP contribution in [-0.2, 0) is 0 Å². The highest BCUT2D eigenvalue weighted by Gasteiger charge is 2.11. The molecule has 3 fully saturated rings. The van der Waals surface area contributed by atoms with E-state index in [4.69, 9.17) is 4.74 Å². The van der Waals surface area contributed by atoms with Crippen LogP contribution in [0.1, 0.15) is 16.8 Å². The first-order valence-electron chi connectivity index (χ1n) is 15.4. The molecule has 2 bridgehead atoms. The Kier molecular flexibility index (Phi) is 17.1. The monoisotopic (exact) mass is 561 g/mol. The third kappa shape index (κ3) is 14.2. The molecule has 1 amide bonds. The third-order valence-corrected chi connectivity index (χ3v) is 7.55. The summed E-state index contributed by atoms with van der Waals surface area (Å²) in [4.78, 5) is 19.5. The number of nitrogens with one attached hydrogen (secondary N) is 6. The number of ether oxygens (including phenoxy) is 1. The van der Waals surface area contributed by atoms with Gasteiger partial charge in [0.2, 0.25) is 0 Å². The normalized spacial score (nSPS) is 24.1. The molecule has 0 aromatic heterocycles. The Hall–Kier alpha value is -1.83. The van der Waals surface area contributed by atoms with Crippen LogP contribution in [0.5, 0.6) is 5.75 Å². The van der Waals surface area contributed by atoms with Crippen molar-refractivity contribution in [1.82, 2.24) is 46.6 Å². The van der Waals surface area contributed by atoms with Gasteiger partial charge in [0, 0.05) is 137 Å². The molecule has 0 unspecified atom stereocenters. The van der Waals surface area contributed by atoms with E-state index < -0.39 is 0 Å². The summed E-state index contributed by atoms with van der Waals surface area (Å²) in [5, 5.41) is 20.8. The fourth-order valence-electron chi connectivity index (χ4n) is 5.02. The minimum absolute atomic E-state index is 0.0791. The van der Waals surface area contributed by atoms with Gasteiger partial charge in [-0.3, -0.25) is 14.6 Å². The first kappa shape index (κ1) is 32.7. The Labute approximate surface area is 242 Å². The van der Waals surface area contributed by atoms with E-state index in [0.717, 1.165) is 137 Å². The Balaban J connectivity index is 1.53. The molecule has 0 aliphatic carbocycles. The molecule has 4 rings (SSSR count). The minimum Gasteiger partial charge on any atom is -0.494 e. The average molecular weight is 562 g/mol. The van der Waals surface area contributed by atoms with Gasteiger partial charge in [-0.15, -0.1) is 0 Å². The lowest BCUT2D eigenvalue weighted by Crippen LogP contribution is -2.46. The summed E-state index contributed by atoms with van der Waals surface area (Å²) in [6.45, 7) is 20.3. The summed E-state index contributed by atoms with van der Waals surface area (Å²) in [6, 6.07) is 7.37. The van der Waals surface area contributed by atoms with Gasteiger partial charge in [0.05, 0.1) is 6.61 Å². The largest absolute Gasteiger partial charge is 0.494 e. The van der Waals surface area contributed by atoms with Crippen molar-refractivity contribution in [2.75, 3.05) is 138 Å². The molecule has 228 valence electrons. The second kappa shape index (κ2) is 21.0. The topological polar surface area (TPSA) is 108 Å². The van der Waals surface area contributed by atoms with Gasteiger partial charge in [-0.1, -0.05) is 0 Å². The SMILES string of the molecule is CNC(=O)c1ccc(OCCCN2CCNCCN3CCNCCNCCN(CCNCCNCC3)CC2)cc1. The van der Waals surface area contributed by atoms with Gasteiger partial charge < -0.3 is 41.5 Å². The number of fused-ring (bicyclic) bond motifs is 21. The van der Waals surface area contributed by atoms with Gasteiger partial charge in [-0.05, 0) is 30.7 Å². The van der Waals surface area contributed by atoms with Crippen molar-refractivity contribution < 1.29 is 9.53 Å².